The Morgan fingerprint density at radius 3 is 2.61 bits per heavy atom. The molecule has 0 radical (unpaired) electrons. The van der Waals surface area contributed by atoms with Gasteiger partial charge in [-0.2, -0.15) is 0 Å². The molecule has 2 atom stereocenters. The zero-order valence-electron chi connectivity index (χ0n) is 10.8. The number of hydrogen-bond donors (Lipinski definition) is 1. The molecule has 1 aliphatic rings. The summed E-state index contributed by atoms with van der Waals surface area (Å²) >= 11 is 0. The minimum absolute atomic E-state index is 0.183. The lowest BCUT2D eigenvalue weighted by Crippen LogP contribution is -2.23. The zero-order valence-corrected chi connectivity index (χ0v) is 10.8. The van der Waals surface area contributed by atoms with Gasteiger partial charge >= 0.3 is 5.97 Å². The van der Waals surface area contributed by atoms with Gasteiger partial charge in [-0.25, -0.2) is 0 Å². The van der Waals surface area contributed by atoms with Gasteiger partial charge in [0, 0.05) is 12.6 Å². The second-order valence-electron chi connectivity index (χ2n) is 4.74. The molecule has 0 heterocycles. The summed E-state index contributed by atoms with van der Waals surface area (Å²) in [4.78, 5) is 12.9. The average molecular weight is 249 g/mol. The highest BCUT2D eigenvalue weighted by molar-refractivity contribution is 5.74. The molecule has 98 valence electrons. The Hall–Kier alpha value is -1.55. The fraction of sp³-hybridized carbons (Fsp3) is 0.500. The number of carboxylic acids is 1. The predicted molar refractivity (Wildman–Crippen MR) is 68.6 cm³/mol. The van der Waals surface area contributed by atoms with Gasteiger partial charge < -0.3 is 9.84 Å². The smallest absolute Gasteiger partial charge is 0.308 e. The third-order valence-electron chi connectivity index (χ3n) is 3.31. The number of carbonyl (C=O) groups is 1. The van der Waals surface area contributed by atoms with Gasteiger partial charge in [0.1, 0.15) is 5.75 Å². The van der Waals surface area contributed by atoms with E-state index < -0.39 is 5.97 Å². The number of rotatable bonds is 6. The molecule has 1 aromatic rings. The lowest BCUT2D eigenvalue weighted by atomic mass is 10.2. The highest BCUT2D eigenvalue weighted by Gasteiger charge is 2.45. The van der Waals surface area contributed by atoms with Gasteiger partial charge in [-0.3, -0.25) is 9.69 Å². The molecule has 0 aromatic heterocycles. The first-order valence-electron chi connectivity index (χ1n) is 6.26. The standard InChI is InChI=1S/C14H19NO3/c1-3-18-11-6-4-10(5-7-11)9-15(2)13-8-12(13)14(16)17/h4-7,12-13H,3,8-9H2,1-2H3,(H,16,17). The molecule has 4 nitrogen and oxygen atoms in total. The maximum absolute atomic E-state index is 10.8. The van der Waals surface area contributed by atoms with Crippen LogP contribution in [0.1, 0.15) is 18.9 Å². The Labute approximate surface area is 107 Å². The van der Waals surface area contributed by atoms with Crippen molar-refractivity contribution in [2.45, 2.75) is 25.9 Å². The Balaban J connectivity index is 1.88. The van der Waals surface area contributed by atoms with Gasteiger partial charge in [-0.15, -0.1) is 0 Å². The van der Waals surface area contributed by atoms with Gasteiger partial charge in [0.15, 0.2) is 0 Å². The highest BCUT2D eigenvalue weighted by Crippen LogP contribution is 2.35. The van der Waals surface area contributed by atoms with E-state index in [1.165, 1.54) is 5.56 Å². The summed E-state index contributed by atoms with van der Waals surface area (Å²) in [5.41, 5.74) is 1.18. The first-order chi connectivity index (χ1) is 8.61. The van der Waals surface area contributed by atoms with E-state index in [1.54, 1.807) is 0 Å². The van der Waals surface area contributed by atoms with E-state index in [9.17, 15) is 4.79 Å². The number of nitrogens with zero attached hydrogens (tertiary/aromatic N) is 1. The SMILES string of the molecule is CCOc1ccc(CN(C)C2CC2C(=O)O)cc1. The Bertz CT molecular complexity index is 416. The number of hydrogen-bond acceptors (Lipinski definition) is 3. The predicted octanol–water partition coefficient (Wildman–Crippen LogP) is 1.99. The second kappa shape index (κ2) is 5.40. The van der Waals surface area contributed by atoms with Crippen molar-refractivity contribution >= 4 is 5.97 Å². The number of ether oxygens (including phenoxy) is 1. The summed E-state index contributed by atoms with van der Waals surface area (Å²) in [6.07, 6.45) is 0.767. The fourth-order valence-electron chi connectivity index (χ4n) is 2.20. The lowest BCUT2D eigenvalue weighted by Gasteiger charge is -2.16. The van der Waals surface area contributed by atoms with Gasteiger partial charge in [0.2, 0.25) is 0 Å². The minimum atomic E-state index is -0.682. The van der Waals surface area contributed by atoms with Crippen molar-refractivity contribution in [3.63, 3.8) is 0 Å². The van der Waals surface area contributed by atoms with Crippen molar-refractivity contribution in [3.05, 3.63) is 29.8 Å². The van der Waals surface area contributed by atoms with E-state index in [0.717, 1.165) is 18.7 Å². The van der Waals surface area contributed by atoms with Crippen LogP contribution in [0.2, 0.25) is 0 Å². The van der Waals surface area contributed by atoms with Crippen LogP contribution in [0.25, 0.3) is 0 Å². The molecule has 4 heteroatoms. The van der Waals surface area contributed by atoms with Crippen molar-refractivity contribution in [2.75, 3.05) is 13.7 Å². The van der Waals surface area contributed by atoms with E-state index in [-0.39, 0.29) is 12.0 Å². The molecule has 0 saturated heterocycles. The molecule has 0 spiro atoms. The molecule has 18 heavy (non-hydrogen) atoms. The maximum Gasteiger partial charge on any atom is 0.308 e. The number of aliphatic carboxylic acids is 1. The average Bonchev–Trinajstić information content (AvgIpc) is 3.12. The molecule has 0 bridgehead atoms. The van der Waals surface area contributed by atoms with Gasteiger partial charge in [0.05, 0.1) is 12.5 Å². The van der Waals surface area contributed by atoms with Crippen LogP contribution in [0.5, 0.6) is 5.75 Å². The quantitative estimate of drug-likeness (QED) is 0.837. The van der Waals surface area contributed by atoms with Crippen LogP contribution in [-0.4, -0.2) is 35.7 Å². The van der Waals surface area contributed by atoms with Crippen molar-refractivity contribution in [1.29, 1.82) is 0 Å². The molecule has 1 aliphatic carbocycles. The van der Waals surface area contributed by atoms with E-state index in [4.69, 9.17) is 9.84 Å². The molecule has 1 fully saturated rings. The molecule has 2 rings (SSSR count). The minimum Gasteiger partial charge on any atom is -0.494 e. The van der Waals surface area contributed by atoms with Gasteiger partial charge in [-0.1, -0.05) is 12.1 Å². The zero-order chi connectivity index (χ0) is 13.1. The fourth-order valence-corrected chi connectivity index (χ4v) is 2.20. The molecular formula is C14H19NO3. The number of benzene rings is 1. The van der Waals surface area contributed by atoms with E-state index >= 15 is 0 Å². The normalized spacial score (nSPS) is 21.9. The van der Waals surface area contributed by atoms with Crippen LogP contribution in [0.3, 0.4) is 0 Å². The van der Waals surface area contributed by atoms with Crippen molar-refractivity contribution in [2.24, 2.45) is 5.92 Å². The van der Waals surface area contributed by atoms with Crippen molar-refractivity contribution in [1.82, 2.24) is 4.90 Å². The Morgan fingerprint density at radius 2 is 2.11 bits per heavy atom. The summed E-state index contributed by atoms with van der Waals surface area (Å²) < 4.78 is 5.38. The monoisotopic (exact) mass is 249 g/mol. The first kappa shape index (κ1) is 12.9. The van der Waals surface area contributed by atoms with E-state index in [1.807, 2.05) is 38.2 Å². The third kappa shape index (κ3) is 3.01. The van der Waals surface area contributed by atoms with Gasteiger partial charge in [0.25, 0.3) is 0 Å². The lowest BCUT2D eigenvalue weighted by molar-refractivity contribution is -0.138. The van der Waals surface area contributed by atoms with E-state index in [0.29, 0.717) is 6.61 Å². The van der Waals surface area contributed by atoms with Crippen LogP contribution < -0.4 is 4.74 Å². The molecular weight excluding hydrogens is 230 g/mol. The molecule has 0 amide bonds. The molecule has 1 saturated carbocycles. The largest absolute Gasteiger partial charge is 0.494 e. The Kier molecular flexibility index (Phi) is 3.87. The summed E-state index contributed by atoms with van der Waals surface area (Å²) in [5.74, 6) is 0.00924. The molecule has 2 unspecified atom stereocenters. The topological polar surface area (TPSA) is 49.8 Å². The van der Waals surface area contributed by atoms with Crippen LogP contribution in [0, 0.1) is 5.92 Å². The third-order valence-corrected chi connectivity index (χ3v) is 3.31. The second-order valence-corrected chi connectivity index (χ2v) is 4.74. The maximum atomic E-state index is 10.8. The van der Waals surface area contributed by atoms with Crippen molar-refractivity contribution < 1.29 is 14.6 Å². The number of carboxylic acid groups (broad SMARTS) is 1. The van der Waals surface area contributed by atoms with Crippen molar-refractivity contribution in [3.8, 4) is 5.75 Å². The van der Waals surface area contributed by atoms with Crippen LogP contribution in [-0.2, 0) is 11.3 Å². The first-order valence-corrected chi connectivity index (χ1v) is 6.26. The summed E-state index contributed by atoms with van der Waals surface area (Å²) in [6, 6.07) is 8.15. The van der Waals surface area contributed by atoms with Crippen LogP contribution in [0.4, 0.5) is 0 Å². The summed E-state index contributed by atoms with van der Waals surface area (Å²) in [7, 11) is 1.98. The molecule has 1 aromatic carbocycles. The summed E-state index contributed by atoms with van der Waals surface area (Å²) in [5, 5.41) is 8.89. The highest BCUT2D eigenvalue weighted by atomic mass is 16.5. The molecule has 0 aliphatic heterocycles. The Morgan fingerprint density at radius 1 is 1.44 bits per heavy atom. The van der Waals surface area contributed by atoms with Crippen LogP contribution >= 0.6 is 0 Å². The summed E-state index contributed by atoms with van der Waals surface area (Å²) in [6.45, 7) is 3.41. The molecule has 1 N–H and O–H groups in total. The van der Waals surface area contributed by atoms with E-state index in [2.05, 4.69) is 4.90 Å². The van der Waals surface area contributed by atoms with Crippen LogP contribution in [0.15, 0.2) is 24.3 Å². The van der Waals surface area contributed by atoms with Gasteiger partial charge in [-0.05, 0) is 38.1 Å².